The van der Waals surface area contributed by atoms with E-state index in [1.54, 1.807) is 31.4 Å². The quantitative estimate of drug-likeness (QED) is 0.805. The summed E-state index contributed by atoms with van der Waals surface area (Å²) in [6.07, 6.45) is 1.50. The molecule has 0 saturated carbocycles. The fourth-order valence-electron chi connectivity index (χ4n) is 2.33. The summed E-state index contributed by atoms with van der Waals surface area (Å²) in [5.74, 6) is 0.403. The minimum Gasteiger partial charge on any atom is -0.503 e. The normalized spacial score (nSPS) is 10.5. The summed E-state index contributed by atoms with van der Waals surface area (Å²) in [6, 6.07) is 16.6. The van der Waals surface area contributed by atoms with Gasteiger partial charge in [-0.2, -0.15) is 5.10 Å². The maximum Gasteiger partial charge on any atom is 0.309 e. The fraction of sp³-hybridized carbons (Fsp3) is 0.111. The molecule has 0 saturated heterocycles. The molecular weight excluding hydrogens is 292 g/mol. The first-order valence-electron chi connectivity index (χ1n) is 7.16. The second-order valence-corrected chi connectivity index (χ2v) is 5.08. The Morgan fingerprint density at radius 3 is 2.43 bits per heavy atom. The van der Waals surface area contributed by atoms with E-state index in [1.807, 2.05) is 30.3 Å². The summed E-state index contributed by atoms with van der Waals surface area (Å²) in [6.45, 7) is 0.316. The van der Waals surface area contributed by atoms with Crippen molar-refractivity contribution in [2.75, 3.05) is 7.11 Å². The number of rotatable bonds is 4. The maximum atomic E-state index is 12.3. The van der Waals surface area contributed by atoms with Gasteiger partial charge in [0, 0.05) is 5.56 Å². The summed E-state index contributed by atoms with van der Waals surface area (Å²) in [5.41, 5.74) is 1.54. The van der Waals surface area contributed by atoms with E-state index in [4.69, 9.17) is 4.74 Å². The minimum atomic E-state index is -0.512. The van der Waals surface area contributed by atoms with Crippen molar-refractivity contribution in [3.63, 3.8) is 0 Å². The molecule has 1 heterocycles. The van der Waals surface area contributed by atoms with E-state index >= 15 is 0 Å². The van der Waals surface area contributed by atoms with Crippen molar-refractivity contribution in [2.24, 2.45) is 0 Å². The largest absolute Gasteiger partial charge is 0.503 e. The second kappa shape index (κ2) is 6.36. The number of ether oxygens (including phenoxy) is 1. The van der Waals surface area contributed by atoms with Gasteiger partial charge in [0.1, 0.15) is 5.75 Å². The van der Waals surface area contributed by atoms with Crippen molar-refractivity contribution < 1.29 is 9.84 Å². The van der Waals surface area contributed by atoms with Gasteiger partial charge in [0.15, 0.2) is 5.75 Å². The third-order valence-corrected chi connectivity index (χ3v) is 3.59. The van der Waals surface area contributed by atoms with Crippen LogP contribution in [0.1, 0.15) is 5.56 Å². The van der Waals surface area contributed by atoms with Gasteiger partial charge in [0.05, 0.1) is 19.9 Å². The van der Waals surface area contributed by atoms with Crippen LogP contribution in [0, 0.1) is 0 Å². The predicted octanol–water partition coefficient (Wildman–Crippen LogP) is 2.67. The van der Waals surface area contributed by atoms with E-state index < -0.39 is 5.56 Å². The fourth-order valence-corrected chi connectivity index (χ4v) is 2.33. The van der Waals surface area contributed by atoms with E-state index in [2.05, 4.69) is 5.10 Å². The summed E-state index contributed by atoms with van der Waals surface area (Å²) >= 11 is 0. The van der Waals surface area contributed by atoms with E-state index in [0.29, 0.717) is 23.4 Å². The lowest BCUT2D eigenvalue weighted by molar-refractivity contribution is 0.415. The smallest absolute Gasteiger partial charge is 0.309 e. The first-order valence-corrected chi connectivity index (χ1v) is 7.16. The molecule has 0 radical (unpaired) electrons. The zero-order valence-corrected chi connectivity index (χ0v) is 12.6. The number of aromatic hydroxyl groups is 1. The Balaban J connectivity index is 1.95. The van der Waals surface area contributed by atoms with Crippen molar-refractivity contribution >= 4 is 0 Å². The molecule has 0 spiro atoms. The average molecular weight is 308 g/mol. The first kappa shape index (κ1) is 14.8. The van der Waals surface area contributed by atoms with Gasteiger partial charge >= 0.3 is 5.56 Å². The summed E-state index contributed by atoms with van der Waals surface area (Å²) in [5, 5.41) is 14.4. The standard InChI is InChI=1S/C18H16N2O3/c1-23-15-9-7-14(8-10-15)16-11-19-20(18(22)17(16)21)12-13-5-3-2-4-6-13/h2-11,21H,12H2,1H3. The Labute approximate surface area is 133 Å². The molecule has 1 N–H and O–H groups in total. The van der Waals surface area contributed by atoms with Crippen LogP contribution in [0.2, 0.25) is 0 Å². The second-order valence-electron chi connectivity index (χ2n) is 5.08. The lowest BCUT2D eigenvalue weighted by Gasteiger charge is -2.09. The number of aromatic nitrogens is 2. The van der Waals surface area contributed by atoms with Gasteiger partial charge in [0.2, 0.25) is 0 Å². The molecule has 2 aromatic carbocycles. The van der Waals surface area contributed by atoms with Gasteiger partial charge in [-0.15, -0.1) is 0 Å². The molecule has 0 atom stereocenters. The minimum absolute atomic E-state index is 0.305. The molecule has 5 nitrogen and oxygen atoms in total. The predicted molar refractivity (Wildman–Crippen MR) is 87.7 cm³/mol. The van der Waals surface area contributed by atoms with E-state index in [9.17, 15) is 9.90 Å². The van der Waals surface area contributed by atoms with E-state index in [-0.39, 0.29) is 5.75 Å². The lowest BCUT2D eigenvalue weighted by Crippen LogP contribution is -2.23. The Hall–Kier alpha value is -3.08. The van der Waals surface area contributed by atoms with Crippen LogP contribution in [0.25, 0.3) is 11.1 Å². The molecule has 23 heavy (non-hydrogen) atoms. The van der Waals surface area contributed by atoms with Crippen molar-refractivity contribution in [3.05, 3.63) is 76.7 Å². The molecule has 3 rings (SSSR count). The van der Waals surface area contributed by atoms with E-state index in [0.717, 1.165) is 5.56 Å². The van der Waals surface area contributed by atoms with Gasteiger partial charge in [-0.05, 0) is 23.3 Å². The van der Waals surface area contributed by atoms with Gasteiger partial charge in [0.25, 0.3) is 0 Å². The molecule has 0 fully saturated rings. The molecule has 0 bridgehead atoms. The highest BCUT2D eigenvalue weighted by Gasteiger charge is 2.12. The summed E-state index contributed by atoms with van der Waals surface area (Å²) in [7, 11) is 1.58. The molecule has 0 amide bonds. The van der Waals surface area contributed by atoms with Crippen molar-refractivity contribution in [2.45, 2.75) is 6.54 Å². The molecule has 3 aromatic rings. The van der Waals surface area contributed by atoms with Gasteiger partial charge in [-0.25, -0.2) is 4.68 Å². The van der Waals surface area contributed by atoms with Crippen molar-refractivity contribution in [1.29, 1.82) is 0 Å². The highest BCUT2D eigenvalue weighted by atomic mass is 16.5. The van der Waals surface area contributed by atoms with Gasteiger partial charge < -0.3 is 9.84 Å². The van der Waals surface area contributed by atoms with Crippen molar-refractivity contribution in [1.82, 2.24) is 9.78 Å². The molecular formula is C18H16N2O3. The molecule has 0 aliphatic rings. The zero-order chi connectivity index (χ0) is 16.2. The molecule has 0 aliphatic heterocycles. The lowest BCUT2D eigenvalue weighted by atomic mass is 10.1. The third-order valence-electron chi connectivity index (χ3n) is 3.59. The molecule has 116 valence electrons. The number of hydrogen-bond acceptors (Lipinski definition) is 4. The van der Waals surface area contributed by atoms with Gasteiger partial charge in [-0.1, -0.05) is 42.5 Å². The molecule has 0 aliphatic carbocycles. The van der Waals surface area contributed by atoms with Crippen LogP contribution >= 0.6 is 0 Å². The third kappa shape index (κ3) is 3.08. The number of nitrogens with zero attached hydrogens (tertiary/aromatic N) is 2. The Morgan fingerprint density at radius 1 is 1.09 bits per heavy atom. The molecule has 0 unspecified atom stereocenters. The highest BCUT2D eigenvalue weighted by Crippen LogP contribution is 2.26. The molecule has 1 aromatic heterocycles. The zero-order valence-electron chi connectivity index (χ0n) is 12.6. The van der Waals surface area contributed by atoms with Gasteiger partial charge in [-0.3, -0.25) is 4.79 Å². The van der Waals surface area contributed by atoms with Crippen LogP contribution in [0.15, 0.2) is 65.6 Å². The van der Waals surface area contributed by atoms with Crippen LogP contribution < -0.4 is 10.3 Å². The van der Waals surface area contributed by atoms with Crippen LogP contribution in [0.5, 0.6) is 11.5 Å². The van der Waals surface area contributed by atoms with Crippen molar-refractivity contribution in [3.8, 4) is 22.6 Å². The number of hydrogen-bond donors (Lipinski definition) is 1. The van der Waals surface area contributed by atoms with Crippen LogP contribution in [0.4, 0.5) is 0 Å². The molecule has 5 heteroatoms. The summed E-state index contributed by atoms with van der Waals surface area (Å²) < 4.78 is 6.35. The first-order chi connectivity index (χ1) is 11.2. The SMILES string of the molecule is COc1ccc(-c2cnn(Cc3ccccc3)c(=O)c2O)cc1. The summed E-state index contributed by atoms with van der Waals surface area (Å²) in [4.78, 5) is 12.3. The Morgan fingerprint density at radius 2 is 1.78 bits per heavy atom. The number of benzene rings is 2. The topological polar surface area (TPSA) is 64.4 Å². The monoisotopic (exact) mass is 308 g/mol. The highest BCUT2D eigenvalue weighted by molar-refractivity contribution is 5.68. The Bertz CT molecular complexity index is 856. The van der Waals surface area contributed by atoms with E-state index in [1.165, 1.54) is 10.9 Å². The van der Waals surface area contributed by atoms with Crippen LogP contribution in [0.3, 0.4) is 0 Å². The average Bonchev–Trinajstić information content (AvgIpc) is 2.60. The Kier molecular flexibility index (Phi) is 4.10. The van der Waals surface area contributed by atoms with Crippen LogP contribution in [-0.4, -0.2) is 22.0 Å². The maximum absolute atomic E-state index is 12.3. The number of methoxy groups -OCH3 is 1. The van der Waals surface area contributed by atoms with Crippen LogP contribution in [-0.2, 0) is 6.54 Å².